The average Bonchev–Trinajstić information content (AvgIpc) is 2.71. The Labute approximate surface area is 114 Å². The van der Waals surface area contributed by atoms with E-state index in [1.807, 2.05) is 0 Å². The van der Waals surface area contributed by atoms with Crippen molar-refractivity contribution >= 4 is 5.97 Å². The van der Waals surface area contributed by atoms with E-state index >= 15 is 0 Å². The predicted molar refractivity (Wildman–Crippen MR) is 73.6 cm³/mol. The van der Waals surface area contributed by atoms with Gasteiger partial charge in [-0.15, -0.1) is 0 Å². The lowest BCUT2D eigenvalue weighted by atomic mass is 9.91. The summed E-state index contributed by atoms with van der Waals surface area (Å²) in [6.07, 6.45) is 7.83. The maximum atomic E-state index is 11.9. The lowest BCUT2D eigenvalue weighted by Gasteiger charge is -2.25. The van der Waals surface area contributed by atoms with E-state index in [4.69, 9.17) is 10.3 Å². The van der Waals surface area contributed by atoms with Crippen molar-refractivity contribution in [2.45, 2.75) is 51.0 Å². The van der Waals surface area contributed by atoms with Crippen molar-refractivity contribution < 1.29 is 9.53 Å². The molecular formula is C13H24N4O2. The zero-order chi connectivity index (χ0) is 13.9. The minimum Gasteiger partial charge on any atom is -0.468 e. The first-order valence-electron chi connectivity index (χ1n) is 7.11. The van der Waals surface area contributed by atoms with Gasteiger partial charge in [0, 0.05) is 11.5 Å². The summed E-state index contributed by atoms with van der Waals surface area (Å²) in [5, 5.41) is 6.75. The normalized spacial score (nSPS) is 18.2. The van der Waals surface area contributed by atoms with Crippen molar-refractivity contribution in [1.82, 2.24) is 5.32 Å². The molecule has 0 heterocycles. The van der Waals surface area contributed by atoms with Crippen molar-refractivity contribution in [3.8, 4) is 0 Å². The maximum absolute atomic E-state index is 11.9. The Bertz CT molecular complexity index is 308. The van der Waals surface area contributed by atoms with E-state index in [2.05, 4.69) is 15.3 Å². The van der Waals surface area contributed by atoms with Gasteiger partial charge in [-0.3, -0.25) is 4.79 Å². The van der Waals surface area contributed by atoms with Gasteiger partial charge in [-0.25, -0.2) is 0 Å². The molecule has 0 aromatic rings. The van der Waals surface area contributed by atoms with Crippen LogP contribution < -0.4 is 5.32 Å². The minimum absolute atomic E-state index is 0.171. The van der Waals surface area contributed by atoms with Crippen LogP contribution in [-0.4, -0.2) is 32.2 Å². The molecule has 0 radical (unpaired) electrons. The average molecular weight is 268 g/mol. The van der Waals surface area contributed by atoms with Crippen LogP contribution in [0.25, 0.3) is 10.4 Å². The number of methoxy groups -OCH3 is 1. The lowest BCUT2D eigenvalue weighted by Crippen LogP contribution is -2.44. The number of nitrogens with zero attached hydrogens (tertiary/aromatic N) is 3. The van der Waals surface area contributed by atoms with Gasteiger partial charge >= 0.3 is 5.97 Å². The number of carbonyl (C=O) groups is 1. The summed E-state index contributed by atoms with van der Waals surface area (Å²) >= 11 is 0. The Balaban J connectivity index is 2.45. The predicted octanol–water partition coefficient (Wildman–Crippen LogP) is 2.79. The fraction of sp³-hybridized carbons (Fsp3) is 0.923. The molecule has 0 amide bonds. The van der Waals surface area contributed by atoms with Crippen LogP contribution in [0.15, 0.2) is 5.11 Å². The number of rotatable bonds is 7. The Kier molecular flexibility index (Phi) is 8.02. The summed E-state index contributed by atoms with van der Waals surface area (Å²) in [5.41, 5.74) is 8.20. The van der Waals surface area contributed by atoms with Crippen LogP contribution in [0.5, 0.6) is 0 Å². The zero-order valence-corrected chi connectivity index (χ0v) is 11.7. The fourth-order valence-corrected chi connectivity index (χ4v) is 2.67. The van der Waals surface area contributed by atoms with Crippen molar-refractivity contribution in [3.05, 3.63) is 10.4 Å². The number of esters is 1. The van der Waals surface area contributed by atoms with E-state index in [0.717, 1.165) is 19.3 Å². The van der Waals surface area contributed by atoms with Crippen molar-refractivity contribution in [2.24, 2.45) is 11.0 Å². The van der Waals surface area contributed by atoms with Crippen LogP contribution in [-0.2, 0) is 9.53 Å². The fourth-order valence-electron chi connectivity index (χ4n) is 2.67. The van der Waals surface area contributed by atoms with Crippen LogP contribution in [0.3, 0.4) is 0 Å². The molecule has 1 atom stereocenters. The van der Waals surface area contributed by atoms with Crippen molar-refractivity contribution in [2.75, 3.05) is 20.2 Å². The summed E-state index contributed by atoms with van der Waals surface area (Å²) in [5.74, 6) is 0.199. The molecule has 19 heavy (non-hydrogen) atoms. The summed E-state index contributed by atoms with van der Waals surface area (Å²) < 4.78 is 4.90. The molecule has 1 saturated carbocycles. The quantitative estimate of drug-likeness (QED) is 0.192. The molecule has 1 fully saturated rings. The number of nitrogens with one attached hydrogen (secondary N) is 1. The standard InChI is InChI=1S/C13H24N4O2/c1-19-13(18)12(15-9-6-10-16-17-14)11-7-4-2-3-5-8-11/h11-12,15H,2-10H2,1H3. The molecule has 0 spiro atoms. The Morgan fingerprint density at radius 2 is 2.11 bits per heavy atom. The van der Waals surface area contributed by atoms with Gasteiger partial charge < -0.3 is 10.1 Å². The molecule has 1 rings (SSSR count). The van der Waals surface area contributed by atoms with Gasteiger partial charge in [0.05, 0.1) is 7.11 Å². The molecule has 0 saturated heterocycles. The highest BCUT2D eigenvalue weighted by atomic mass is 16.5. The smallest absolute Gasteiger partial charge is 0.323 e. The lowest BCUT2D eigenvalue weighted by molar-refractivity contribution is -0.144. The molecule has 1 aliphatic rings. The molecule has 0 aromatic heterocycles. The molecule has 6 nitrogen and oxygen atoms in total. The summed E-state index contributed by atoms with van der Waals surface area (Å²) in [6, 6.07) is -0.214. The molecule has 0 aromatic carbocycles. The first kappa shape index (κ1) is 15.8. The van der Waals surface area contributed by atoms with Gasteiger partial charge in [-0.2, -0.15) is 0 Å². The van der Waals surface area contributed by atoms with Crippen LogP contribution in [0.2, 0.25) is 0 Å². The van der Waals surface area contributed by atoms with E-state index in [0.29, 0.717) is 19.0 Å². The Morgan fingerprint density at radius 3 is 2.68 bits per heavy atom. The number of ether oxygens (including phenoxy) is 1. The van der Waals surface area contributed by atoms with Gasteiger partial charge in [-0.1, -0.05) is 30.8 Å². The number of carbonyl (C=O) groups excluding carboxylic acids is 1. The maximum Gasteiger partial charge on any atom is 0.323 e. The summed E-state index contributed by atoms with van der Waals surface area (Å²) in [7, 11) is 1.44. The molecule has 108 valence electrons. The van der Waals surface area contributed by atoms with E-state index in [1.54, 1.807) is 0 Å². The van der Waals surface area contributed by atoms with Gasteiger partial charge in [0.25, 0.3) is 0 Å². The second kappa shape index (κ2) is 9.64. The third-order valence-corrected chi connectivity index (χ3v) is 3.69. The van der Waals surface area contributed by atoms with Gasteiger partial charge in [-0.05, 0) is 37.3 Å². The molecule has 0 aliphatic heterocycles. The van der Waals surface area contributed by atoms with E-state index in [-0.39, 0.29) is 12.0 Å². The van der Waals surface area contributed by atoms with Crippen LogP contribution in [0, 0.1) is 5.92 Å². The largest absolute Gasteiger partial charge is 0.468 e. The SMILES string of the molecule is COC(=O)C(NCCCN=[N+]=[N-])C1CCCCCC1. The van der Waals surface area contributed by atoms with Gasteiger partial charge in [0.15, 0.2) is 0 Å². The molecule has 1 unspecified atom stereocenters. The highest BCUT2D eigenvalue weighted by molar-refractivity contribution is 5.76. The monoisotopic (exact) mass is 268 g/mol. The third kappa shape index (κ3) is 5.94. The first-order chi connectivity index (χ1) is 9.29. The minimum atomic E-state index is -0.214. The van der Waals surface area contributed by atoms with Crippen molar-refractivity contribution in [1.29, 1.82) is 0 Å². The number of hydrogen-bond acceptors (Lipinski definition) is 4. The molecule has 1 N–H and O–H groups in total. The molecular weight excluding hydrogens is 244 g/mol. The second-order valence-corrected chi connectivity index (χ2v) is 5.01. The molecule has 0 bridgehead atoms. The number of hydrogen-bond donors (Lipinski definition) is 1. The second-order valence-electron chi connectivity index (χ2n) is 5.01. The highest BCUT2D eigenvalue weighted by Gasteiger charge is 2.28. The Morgan fingerprint density at radius 1 is 1.42 bits per heavy atom. The van der Waals surface area contributed by atoms with E-state index in [1.165, 1.54) is 32.8 Å². The topological polar surface area (TPSA) is 87.1 Å². The third-order valence-electron chi connectivity index (χ3n) is 3.69. The molecule has 6 heteroatoms. The van der Waals surface area contributed by atoms with E-state index < -0.39 is 0 Å². The zero-order valence-electron chi connectivity index (χ0n) is 11.7. The van der Waals surface area contributed by atoms with E-state index in [9.17, 15) is 4.79 Å². The first-order valence-corrected chi connectivity index (χ1v) is 7.11. The highest BCUT2D eigenvalue weighted by Crippen LogP contribution is 2.26. The Hall–Kier alpha value is -1.26. The van der Waals surface area contributed by atoms with Crippen LogP contribution in [0.1, 0.15) is 44.9 Å². The summed E-state index contributed by atoms with van der Waals surface area (Å²) in [6.45, 7) is 1.14. The van der Waals surface area contributed by atoms with Crippen molar-refractivity contribution in [3.63, 3.8) is 0 Å². The molecule has 1 aliphatic carbocycles. The van der Waals surface area contributed by atoms with Gasteiger partial charge in [0.1, 0.15) is 6.04 Å². The van der Waals surface area contributed by atoms with Crippen LogP contribution in [0.4, 0.5) is 0 Å². The van der Waals surface area contributed by atoms with Crippen LogP contribution >= 0.6 is 0 Å². The summed E-state index contributed by atoms with van der Waals surface area (Å²) in [4.78, 5) is 14.6. The number of azide groups is 1. The van der Waals surface area contributed by atoms with Gasteiger partial charge in [0.2, 0.25) is 0 Å².